The molecule has 2 heterocycles. The van der Waals surface area contributed by atoms with Crippen LogP contribution < -0.4 is 0 Å². The van der Waals surface area contributed by atoms with Gasteiger partial charge in [-0.3, -0.25) is 4.79 Å². The molecule has 2 saturated heterocycles. The quantitative estimate of drug-likeness (QED) is 0.255. The maximum absolute atomic E-state index is 13.4. The summed E-state index contributed by atoms with van der Waals surface area (Å²) >= 11 is 2.27. The van der Waals surface area contributed by atoms with Gasteiger partial charge < -0.3 is 39.7 Å². The Kier molecular flexibility index (Phi) is 14.2. The van der Waals surface area contributed by atoms with Crippen molar-refractivity contribution in [3.8, 4) is 0 Å². The molecule has 11 nitrogen and oxygen atoms in total. The normalized spacial score (nSPS) is 17.8. The number of carbonyl (C=O) groups excluding carboxylic acids is 1. The zero-order chi connectivity index (χ0) is 31.4. The Labute approximate surface area is 263 Å². The van der Waals surface area contributed by atoms with Gasteiger partial charge in [-0.15, -0.1) is 0 Å². The van der Waals surface area contributed by atoms with E-state index in [-0.39, 0.29) is 24.1 Å². The average molecular weight is 717 g/mol. The molecule has 0 unspecified atom stereocenters. The van der Waals surface area contributed by atoms with Crippen LogP contribution >= 0.6 is 22.6 Å². The summed E-state index contributed by atoms with van der Waals surface area (Å²) in [6, 6.07) is 14.8. The summed E-state index contributed by atoms with van der Waals surface area (Å²) in [6.07, 6.45) is -0.498. The number of benzene rings is 2. The Bertz CT molecular complexity index is 1150. The minimum atomic E-state index is -2.27. The number of aliphatic carboxylic acids is 2. The highest BCUT2D eigenvalue weighted by Crippen LogP contribution is 2.22. The number of hydrogen-bond acceptors (Lipinski definition) is 8. The molecule has 0 bridgehead atoms. The Hall–Kier alpha value is -2.69. The Morgan fingerprint density at radius 3 is 1.98 bits per heavy atom. The summed E-state index contributed by atoms with van der Waals surface area (Å²) in [7, 11) is 0. The predicted octanol–water partition coefficient (Wildman–Crippen LogP) is 2.50. The van der Waals surface area contributed by atoms with Crippen LogP contribution in [0, 0.1) is 9.39 Å². The molecular weight excluding hydrogens is 678 g/mol. The molecule has 43 heavy (non-hydrogen) atoms. The van der Waals surface area contributed by atoms with Crippen LogP contribution in [-0.2, 0) is 36.8 Å². The average Bonchev–Trinajstić information content (AvgIpc) is 3.01. The molecular formula is C30H38FIN2O9. The van der Waals surface area contributed by atoms with Gasteiger partial charge in [0.25, 0.3) is 0 Å². The number of halogens is 2. The van der Waals surface area contributed by atoms with E-state index in [1.165, 1.54) is 12.1 Å². The van der Waals surface area contributed by atoms with E-state index in [0.717, 1.165) is 73.2 Å². The fourth-order valence-electron chi connectivity index (χ4n) is 4.80. The third-order valence-corrected chi connectivity index (χ3v) is 7.95. The van der Waals surface area contributed by atoms with Crippen LogP contribution in [0.3, 0.4) is 0 Å². The van der Waals surface area contributed by atoms with Crippen LogP contribution in [0.25, 0.3) is 0 Å². The highest BCUT2D eigenvalue weighted by atomic mass is 127. The molecule has 4 rings (SSSR count). The fourth-order valence-corrected chi connectivity index (χ4v) is 5.16. The summed E-state index contributed by atoms with van der Waals surface area (Å²) in [5.74, 6) is -3.66. The van der Waals surface area contributed by atoms with Crippen LogP contribution in [0.4, 0.5) is 4.39 Å². The van der Waals surface area contributed by atoms with E-state index in [1.54, 1.807) is 12.1 Å². The lowest BCUT2D eigenvalue weighted by molar-refractivity contribution is -0.183. The summed E-state index contributed by atoms with van der Waals surface area (Å²) < 4.78 is 25.9. The van der Waals surface area contributed by atoms with Gasteiger partial charge in [-0.2, -0.15) is 0 Å². The third kappa shape index (κ3) is 11.7. The van der Waals surface area contributed by atoms with E-state index >= 15 is 0 Å². The van der Waals surface area contributed by atoms with Crippen molar-refractivity contribution in [2.24, 2.45) is 0 Å². The van der Waals surface area contributed by atoms with Crippen LogP contribution in [-0.4, -0.2) is 105 Å². The first-order chi connectivity index (χ1) is 20.5. The molecule has 2 aromatic carbocycles. The number of piperidine rings is 1. The number of amides is 1. The Morgan fingerprint density at radius 1 is 0.907 bits per heavy atom. The molecule has 2 aliphatic rings. The molecule has 2 fully saturated rings. The second-order valence-electron chi connectivity index (χ2n) is 10.4. The van der Waals surface area contributed by atoms with E-state index in [9.17, 15) is 18.8 Å². The lowest BCUT2D eigenvalue weighted by atomic mass is 10.0. The highest BCUT2D eigenvalue weighted by molar-refractivity contribution is 14.1. The summed E-state index contributed by atoms with van der Waals surface area (Å²) in [5.41, 5.74) is 1.98. The van der Waals surface area contributed by atoms with Gasteiger partial charge in [0.2, 0.25) is 5.91 Å². The van der Waals surface area contributed by atoms with Crippen molar-refractivity contribution in [3.05, 3.63) is 69.0 Å². The highest BCUT2D eigenvalue weighted by Gasteiger charge is 2.30. The van der Waals surface area contributed by atoms with E-state index in [2.05, 4.69) is 27.5 Å². The number of carboxylic acid groups (broad SMARTS) is 2. The van der Waals surface area contributed by atoms with E-state index in [4.69, 9.17) is 29.9 Å². The minimum Gasteiger partial charge on any atom is -0.479 e. The number of nitrogens with zero attached hydrogens (tertiary/aromatic N) is 2. The number of carboxylic acids is 2. The molecule has 2 atom stereocenters. The number of aliphatic hydroxyl groups is 2. The molecule has 0 aromatic heterocycles. The number of carbonyl (C=O) groups is 3. The molecule has 0 radical (unpaired) electrons. The number of ether oxygens (including phenoxy) is 2. The number of hydrogen-bond donors (Lipinski definition) is 4. The second kappa shape index (κ2) is 17.6. The monoisotopic (exact) mass is 716 g/mol. The van der Waals surface area contributed by atoms with Gasteiger partial charge in [0.15, 0.2) is 18.5 Å². The van der Waals surface area contributed by atoms with Gasteiger partial charge >= 0.3 is 11.9 Å². The SMILES string of the molecule is O=C(Cc1ccc(I)cc1)N(Cc1ccc(F)cc1)C1CCN(CCC2OCCCO2)CC1.O=C(O)[C@H](O)[C@@H](O)C(=O)O. The van der Waals surface area contributed by atoms with Crippen molar-refractivity contribution in [2.45, 2.75) is 63.2 Å². The van der Waals surface area contributed by atoms with E-state index in [0.29, 0.717) is 13.0 Å². The van der Waals surface area contributed by atoms with Crippen molar-refractivity contribution in [1.82, 2.24) is 9.80 Å². The van der Waals surface area contributed by atoms with Crippen molar-refractivity contribution in [1.29, 1.82) is 0 Å². The lowest BCUT2D eigenvalue weighted by Gasteiger charge is -2.39. The Morgan fingerprint density at radius 2 is 1.44 bits per heavy atom. The zero-order valence-corrected chi connectivity index (χ0v) is 25.8. The zero-order valence-electron chi connectivity index (χ0n) is 23.7. The van der Waals surface area contributed by atoms with Crippen LogP contribution in [0.5, 0.6) is 0 Å². The molecule has 4 N–H and O–H groups in total. The smallest absolute Gasteiger partial charge is 0.335 e. The van der Waals surface area contributed by atoms with Crippen molar-refractivity contribution >= 4 is 40.4 Å². The fraction of sp³-hybridized carbons (Fsp3) is 0.500. The maximum Gasteiger partial charge on any atom is 0.335 e. The Balaban J connectivity index is 0.000000436. The van der Waals surface area contributed by atoms with Gasteiger partial charge in [0.1, 0.15) is 5.82 Å². The standard InChI is InChI=1S/C26H32FIN2O3.C4H6O6/c27-22-6-2-21(3-7-22)19-30(25(31)18-20-4-8-23(28)9-5-20)24-10-13-29(14-11-24)15-12-26-32-16-1-17-33-26;5-1(3(7)8)2(6)4(9)10/h2-9,24,26H,1,10-19H2;1-2,5-6H,(H,7,8)(H,9,10)/t;1-,2-/m.1/s1. The molecule has 2 aromatic rings. The molecule has 0 saturated carbocycles. The van der Waals surface area contributed by atoms with Gasteiger partial charge in [-0.25, -0.2) is 14.0 Å². The number of rotatable bonds is 11. The molecule has 1 amide bonds. The third-order valence-electron chi connectivity index (χ3n) is 7.24. The number of likely N-dealkylation sites (tertiary alicyclic amines) is 1. The van der Waals surface area contributed by atoms with Crippen LogP contribution in [0.2, 0.25) is 0 Å². The molecule has 2 aliphatic heterocycles. The first-order valence-electron chi connectivity index (χ1n) is 14.1. The van der Waals surface area contributed by atoms with Crippen LogP contribution in [0.15, 0.2) is 48.5 Å². The first-order valence-corrected chi connectivity index (χ1v) is 15.2. The maximum atomic E-state index is 13.4. The van der Waals surface area contributed by atoms with E-state index < -0.39 is 24.1 Å². The van der Waals surface area contributed by atoms with Gasteiger partial charge in [-0.05, 0) is 77.2 Å². The largest absolute Gasteiger partial charge is 0.479 e. The summed E-state index contributed by atoms with van der Waals surface area (Å²) in [4.78, 5) is 37.4. The molecule has 0 aliphatic carbocycles. The molecule has 13 heteroatoms. The van der Waals surface area contributed by atoms with Gasteiger partial charge in [0, 0.05) is 42.2 Å². The topological polar surface area (TPSA) is 157 Å². The van der Waals surface area contributed by atoms with Crippen molar-refractivity contribution in [2.75, 3.05) is 32.8 Å². The second-order valence-corrected chi connectivity index (χ2v) is 11.6. The van der Waals surface area contributed by atoms with Crippen molar-refractivity contribution < 1.29 is 48.7 Å². The van der Waals surface area contributed by atoms with Crippen LogP contribution in [0.1, 0.15) is 36.8 Å². The van der Waals surface area contributed by atoms with Gasteiger partial charge in [-0.1, -0.05) is 24.3 Å². The van der Waals surface area contributed by atoms with Gasteiger partial charge in [0.05, 0.1) is 19.6 Å². The molecule has 0 spiro atoms. The van der Waals surface area contributed by atoms with E-state index in [1.807, 2.05) is 29.2 Å². The summed E-state index contributed by atoms with van der Waals surface area (Å²) in [5, 5.41) is 32.5. The number of aliphatic hydroxyl groups excluding tert-OH is 2. The predicted molar refractivity (Wildman–Crippen MR) is 161 cm³/mol. The summed E-state index contributed by atoms with van der Waals surface area (Å²) in [6.45, 7) is 4.94. The minimum absolute atomic E-state index is 0.0815. The lowest BCUT2D eigenvalue weighted by Crippen LogP contribution is -2.48. The van der Waals surface area contributed by atoms with Crippen molar-refractivity contribution in [3.63, 3.8) is 0 Å². The first kappa shape index (κ1) is 34.8. The molecule has 236 valence electrons.